The Morgan fingerprint density at radius 3 is 2.76 bits per heavy atom. The second kappa shape index (κ2) is 7.64. The van der Waals surface area contributed by atoms with Gasteiger partial charge >= 0.3 is 0 Å². The van der Waals surface area contributed by atoms with Crippen LogP contribution in [0.3, 0.4) is 0 Å². The first-order valence-corrected chi connectivity index (χ1v) is 6.34. The first-order chi connectivity index (χ1) is 8.13. The van der Waals surface area contributed by atoms with Gasteiger partial charge in [0.25, 0.3) is 0 Å². The predicted octanol–water partition coefficient (Wildman–Crippen LogP) is 2.91. The van der Waals surface area contributed by atoms with Crippen molar-refractivity contribution >= 4 is 11.6 Å². The van der Waals surface area contributed by atoms with Gasteiger partial charge in [-0.1, -0.05) is 24.6 Å². The number of rotatable bonds is 7. The largest absolute Gasteiger partial charge is 0.315 e. The SMILES string of the molecule is CCCNCCN(C)Cc1ccc(F)cc1Cl. The summed E-state index contributed by atoms with van der Waals surface area (Å²) in [6, 6.07) is 4.55. The van der Waals surface area contributed by atoms with E-state index >= 15 is 0 Å². The molecule has 0 atom stereocenters. The second-order valence-electron chi connectivity index (χ2n) is 4.22. The Morgan fingerprint density at radius 2 is 2.12 bits per heavy atom. The molecule has 96 valence electrons. The van der Waals surface area contributed by atoms with E-state index in [1.54, 1.807) is 6.07 Å². The van der Waals surface area contributed by atoms with Crippen molar-refractivity contribution in [2.24, 2.45) is 0 Å². The average Bonchev–Trinajstić information content (AvgIpc) is 2.28. The van der Waals surface area contributed by atoms with Crippen molar-refractivity contribution in [3.8, 4) is 0 Å². The molecule has 0 unspecified atom stereocenters. The van der Waals surface area contributed by atoms with Crippen molar-refractivity contribution < 1.29 is 4.39 Å². The van der Waals surface area contributed by atoms with Crippen molar-refractivity contribution in [1.82, 2.24) is 10.2 Å². The van der Waals surface area contributed by atoms with Crippen LogP contribution >= 0.6 is 11.6 Å². The maximum atomic E-state index is 12.9. The summed E-state index contributed by atoms with van der Waals surface area (Å²) in [5.74, 6) is -0.286. The summed E-state index contributed by atoms with van der Waals surface area (Å²) in [5, 5.41) is 3.84. The summed E-state index contributed by atoms with van der Waals surface area (Å²) < 4.78 is 12.9. The summed E-state index contributed by atoms with van der Waals surface area (Å²) >= 11 is 5.98. The minimum Gasteiger partial charge on any atom is -0.315 e. The number of nitrogens with zero attached hydrogens (tertiary/aromatic N) is 1. The average molecular weight is 259 g/mol. The fourth-order valence-corrected chi connectivity index (χ4v) is 1.82. The van der Waals surface area contributed by atoms with Crippen LogP contribution in [-0.2, 0) is 6.54 Å². The first-order valence-electron chi connectivity index (χ1n) is 5.96. The highest BCUT2D eigenvalue weighted by Crippen LogP contribution is 2.18. The summed E-state index contributed by atoms with van der Waals surface area (Å²) in [5.41, 5.74) is 0.964. The van der Waals surface area contributed by atoms with Gasteiger partial charge in [-0.05, 0) is 37.7 Å². The van der Waals surface area contributed by atoms with Crippen LogP contribution in [0, 0.1) is 5.82 Å². The second-order valence-corrected chi connectivity index (χ2v) is 4.63. The van der Waals surface area contributed by atoms with Gasteiger partial charge < -0.3 is 10.2 Å². The van der Waals surface area contributed by atoms with E-state index in [9.17, 15) is 4.39 Å². The molecule has 0 aliphatic rings. The number of halogens is 2. The van der Waals surface area contributed by atoms with Gasteiger partial charge in [-0.3, -0.25) is 0 Å². The number of benzene rings is 1. The van der Waals surface area contributed by atoms with E-state index in [0.717, 1.165) is 38.2 Å². The van der Waals surface area contributed by atoms with Crippen LogP contribution in [0.25, 0.3) is 0 Å². The van der Waals surface area contributed by atoms with Crippen molar-refractivity contribution in [1.29, 1.82) is 0 Å². The van der Waals surface area contributed by atoms with Gasteiger partial charge in [0.1, 0.15) is 5.82 Å². The summed E-state index contributed by atoms with van der Waals surface area (Å²) in [7, 11) is 2.04. The fraction of sp³-hybridized carbons (Fsp3) is 0.538. The lowest BCUT2D eigenvalue weighted by atomic mass is 10.2. The van der Waals surface area contributed by atoms with E-state index in [2.05, 4.69) is 17.1 Å². The molecule has 0 heterocycles. The molecular weight excluding hydrogens is 239 g/mol. The highest BCUT2D eigenvalue weighted by Gasteiger charge is 2.05. The molecule has 0 radical (unpaired) electrons. The van der Waals surface area contributed by atoms with Crippen molar-refractivity contribution in [3.63, 3.8) is 0 Å². The summed E-state index contributed by atoms with van der Waals surface area (Å²) in [4.78, 5) is 2.17. The third kappa shape index (κ3) is 5.48. The van der Waals surface area contributed by atoms with Gasteiger partial charge in [0.05, 0.1) is 0 Å². The van der Waals surface area contributed by atoms with Crippen LogP contribution < -0.4 is 5.32 Å². The molecule has 1 aromatic rings. The molecule has 17 heavy (non-hydrogen) atoms. The van der Waals surface area contributed by atoms with Crippen molar-refractivity contribution in [3.05, 3.63) is 34.6 Å². The normalized spacial score (nSPS) is 11.1. The molecule has 0 amide bonds. The fourth-order valence-electron chi connectivity index (χ4n) is 1.59. The Kier molecular flexibility index (Phi) is 6.48. The Balaban J connectivity index is 2.37. The number of hydrogen-bond donors (Lipinski definition) is 1. The Hall–Kier alpha value is -0.640. The quantitative estimate of drug-likeness (QED) is 0.757. The lowest BCUT2D eigenvalue weighted by Crippen LogP contribution is -2.29. The van der Waals surface area contributed by atoms with Crippen LogP contribution in [0.4, 0.5) is 4.39 Å². The monoisotopic (exact) mass is 258 g/mol. The standard InChI is InChI=1S/C13H20ClFN2/c1-3-6-16-7-8-17(2)10-11-4-5-12(15)9-13(11)14/h4-5,9,16H,3,6-8,10H2,1-2H3. The third-order valence-electron chi connectivity index (χ3n) is 2.55. The van der Waals surface area contributed by atoms with Gasteiger partial charge in [-0.2, -0.15) is 0 Å². The molecule has 0 saturated carbocycles. The summed E-state index contributed by atoms with van der Waals surface area (Å²) in [6.45, 7) is 5.85. The first kappa shape index (κ1) is 14.4. The number of nitrogens with one attached hydrogen (secondary N) is 1. The van der Waals surface area contributed by atoms with E-state index in [4.69, 9.17) is 11.6 Å². The van der Waals surface area contributed by atoms with Crippen LogP contribution in [0.1, 0.15) is 18.9 Å². The van der Waals surface area contributed by atoms with Gasteiger partial charge in [-0.15, -0.1) is 0 Å². The van der Waals surface area contributed by atoms with Crippen molar-refractivity contribution in [2.45, 2.75) is 19.9 Å². The zero-order valence-corrected chi connectivity index (χ0v) is 11.2. The smallest absolute Gasteiger partial charge is 0.124 e. The molecule has 0 aliphatic heterocycles. The van der Waals surface area contributed by atoms with Gasteiger partial charge in [0, 0.05) is 24.7 Å². The molecule has 1 rings (SSSR count). The van der Waals surface area contributed by atoms with Gasteiger partial charge in [-0.25, -0.2) is 4.39 Å². The molecule has 0 fully saturated rings. The molecule has 4 heteroatoms. The summed E-state index contributed by atoms with van der Waals surface area (Å²) in [6.07, 6.45) is 1.15. The molecule has 0 saturated heterocycles. The molecule has 0 bridgehead atoms. The maximum Gasteiger partial charge on any atom is 0.124 e. The molecule has 0 aromatic heterocycles. The minimum absolute atomic E-state index is 0.286. The van der Waals surface area contributed by atoms with E-state index < -0.39 is 0 Å². The minimum atomic E-state index is -0.286. The van der Waals surface area contributed by atoms with E-state index in [1.807, 2.05) is 7.05 Å². The molecule has 0 spiro atoms. The van der Waals surface area contributed by atoms with Gasteiger partial charge in [0.2, 0.25) is 0 Å². The van der Waals surface area contributed by atoms with E-state index in [-0.39, 0.29) is 5.82 Å². The zero-order valence-electron chi connectivity index (χ0n) is 10.5. The van der Waals surface area contributed by atoms with E-state index in [0.29, 0.717) is 5.02 Å². The molecule has 1 N–H and O–H groups in total. The van der Waals surface area contributed by atoms with Crippen LogP contribution in [-0.4, -0.2) is 31.6 Å². The topological polar surface area (TPSA) is 15.3 Å². The molecule has 1 aromatic carbocycles. The maximum absolute atomic E-state index is 12.9. The molecular formula is C13H20ClFN2. The number of likely N-dealkylation sites (N-methyl/N-ethyl adjacent to an activating group) is 1. The Morgan fingerprint density at radius 1 is 1.35 bits per heavy atom. The predicted molar refractivity (Wildman–Crippen MR) is 70.9 cm³/mol. The van der Waals surface area contributed by atoms with Gasteiger partial charge in [0.15, 0.2) is 0 Å². The van der Waals surface area contributed by atoms with Crippen molar-refractivity contribution in [2.75, 3.05) is 26.7 Å². The molecule has 0 aliphatic carbocycles. The Labute approximate surface area is 108 Å². The van der Waals surface area contributed by atoms with Crippen LogP contribution in [0.5, 0.6) is 0 Å². The Bertz CT molecular complexity index is 344. The zero-order chi connectivity index (χ0) is 12.7. The highest BCUT2D eigenvalue weighted by molar-refractivity contribution is 6.31. The molecule has 2 nitrogen and oxygen atoms in total. The lowest BCUT2D eigenvalue weighted by molar-refractivity contribution is 0.324. The van der Waals surface area contributed by atoms with E-state index in [1.165, 1.54) is 12.1 Å². The van der Waals surface area contributed by atoms with Crippen LogP contribution in [0.2, 0.25) is 5.02 Å². The lowest BCUT2D eigenvalue weighted by Gasteiger charge is -2.17. The third-order valence-corrected chi connectivity index (χ3v) is 2.90. The highest BCUT2D eigenvalue weighted by atomic mass is 35.5. The number of hydrogen-bond acceptors (Lipinski definition) is 2. The van der Waals surface area contributed by atoms with Crippen LogP contribution in [0.15, 0.2) is 18.2 Å².